The largest absolute Gasteiger partial charge is 0.378 e. The molecule has 1 N–H and O–H groups in total. The minimum Gasteiger partial charge on any atom is -0.378 e. The van der Waals surface area contributed by atoms with Crippen molar-refractivity contribution in [3.05, 3.63) is 53.8 Å². The Morgan fingerprint density at radius 3 is 2.80 bits per heavy atom. The lowest BCUT2D eigenvalue weighted by atomic mass is 10.2. The fraction of sp³-hybridized carbons (Fsp3) is 0.278. The molecule has 3 heterocycles. The van der Waals surface area contributed by atoms with Crippen LogP contribution in [0.5, 0.6) is 0 Å². The van der Waals surface area contributed by atoms with Crippen molar-refractivity contribution in [2.75, 3.05) is 36.5 Å². The number of nitrogens with zero attached hydrogens (tertiary/aromatic N) is 4. The minimum atomic E-state index is 0.642. The average Bonchev–Trinajstić information content (AvgIpc) is 3.17. The van der Waals surface area contributed by atoms with Crippen LogP contribution >= 0.6 is 11.3 Å². The number of ether oxygens (including phenoxy) is 1. The van der Waals surface area contributed by atoms with Crippen molar-refractivity contribution < 1.29 is 4.74 Å². The highest BCUT2D eigenvalue weighted by molar-refractivity contribution is 7.13. The fourth-order valence-electron chi connectivity index (χ4n) is 2.69. The average molecular weight is 353 g/mol. The molecule has 7 heteroatoms. The van der Waals surface area contributed by atoms with Crippen molar-refractivity contribution in [2.24, 2.45) is 0 Å². The van der Waals surface area contributed by atoms with Gasteiger partial charge in [-0.2, -0.15) is 0 Å². The van der Waals surface area contributed by atoms with E-state index in [0.29, 0.717) is 6.54 Å². The van der Waals surface area contributed by atoms with E-state index in [4.69, 9.17) is 9.72 Å². The van der Waals surface area contributed by atoms with Gasteiger partial charge >= 0.3 is 0 Å². The molecular weight excluding hydrogens is 334 g/mol. The molecule has 128 valence electrons. The summed E-state index contributed by atoms with van der Waals surface area (Å²) < 4.78 is 5.39. The number of morpholine rings is 1. The second kappa shape index (κ2) is 7.58. The Balaban J connectivity index is 1.41. The molecule has 0 aliphatic carbocycles. The van der Waals surface area contributed by atoms with Crippen molar-refractivity contribution in [3.8, 4) is 10.6 Å². The predicted octanol–water partition coefficient (Wildman–Crippen LogP) is 3.05. The van der Waals surface area contributed by atoms with E-state index < -0.39 is 0 Å². The van der Waals surface area contributed by atoms with E-state index in [9.17, 15) is 0 Å². The maximum atomic E-state index is 5.39. The van der Waals surface area contributed by atoms with Gasteiger partial charge in [0.2, 0.25) is 0 Å². The lowest BCUT2D eigenvalue weighted by Crippen LogP contribution is -2.36. The zero-order chi connectivity index (χ0) is 16.9. The van der Waals surface area contributed by atoms with Crippen LogP contribution in [0.15, 0.2) is 48.1 Å². The van der Waals surface area contributed by atoms with Crippen LogP contribution in [0.2, 0.25) is 0 Å². The van der Waals surface area contributed by atoms with Crippen LogP contribution in [0.25, 0.3) is 10.6 Å². The van der Waals surface area contributed by atoms with Gasteiger partial charge in [0.1, 0.15) is 23.0 Å². The second-order valence-corrected chi connectivity index (χ2v) is 6.58. The quantitative estimate of drug-likeness (QED) is 0.761. The third kappa shape index (κ3) is 3.94. The van der Waals surface area contributed by atoms with E-state index in [-0.39, 0.29) is 0 Å². The Morgan fingerprint density at radius 1 is 1.12 bits per heavy atom. The highest BCUT2D eigenvalue weighted by Crippen LogP contribution is 2.23. The molecule has 6 nitrogen and oxygen atoms in total. The highest BCUT2D eigenvalue weighted by Gasteiger charge is 2.13. The first-order chi connectivity index (χ1) is 12.4. The molecule has 1 saturated heterocycles. The fourth-order valence-corrected chi connectivity index (χ4v) is 3.52. The lowest BCUT2D eigenvalue weighted by molar-refractivity contribution is 0.122. The summed E-state index contributed by atoms with van der Waals surface area (Å²) in [6, 6.07) is 12.2. The van der Waals surface area contributed by atoms with Gasteiger partial charge < -0.3 is 15.0 Å². The third-order valence-electron chi connectivity index (χ3n) is 4.01. The number of rotatable bonds is 5. The molecule has 0 bridgehead atoms. The molecule has 1 aliphatic rings. The van der Waals surface area contributed by atoms with Crippen LogP contribution in [0.3, 0.4) is 0 Å². The molecule has 1 fully saturated rings. The van der Waals surface area contributed by atoms with Crippen molar-refractivity contribution in [3.63, 3.8) is 0 Å². The van der Waals surface area contributed by atoms with Crippen molar-refractivity contribution in [1.82, 2.24) is 15.0 Å². The second-order valence-electron chi connectivity index (χ2n) is 5.72. The van der Waals surface area contributed by atoms with E-state index in [1.54, 1.807) is 17.7 Å². The predicted molar refractivity (Wildman–Crippen MR) is 99.9 cm³/mol. The molecule has 0 spiro atoms. The van der Waals surface area contributed by atoms with Gasteiger partial charge in [-0.3, -0.25) is 0 Å². The van der Waals surface area contributed by atoms with E-state index in [1.165, 1.54) is 0 Å². The molecule has 1 aliphatic heterocycles. The Labute approximate surface area is 150 Å². The molecular formula is C18H19N5OS. The summed E-state index contributed by atoms with van der Waals surface area (Å²) in [4.78, 5) is 15.6. The monoisotopic (exact) mass is 353 g/mol. The summed E-state index contributed by atoms with van der Waals surface area (Å²) in [6.45, 7) is 3.86. The van der Waals surface area contributed by atoms with Crippen molar-refractivity contribution in [1.29, 1.82) is 0 Å². The van der Waals surface area contributed by atoms with Crippen LogP contribution in [-0.4, -0.2) is 41.3 Å². The molecule has 3 aromatic rings. The SMILES string of the molecule is c1ccc(-c2nc(CNc3cc(N4CCOCC4)ncn3)cs2)cc1. The van der Waals surface area contributed by atoms with E-state index in [1.807, 2.05) is 24.3 Å². The van der Waals surface area contributed by atoms with Crippen LogP contribution in [0.1, 0.15) is 5.69 Å². The van der Waals surface area contributed by atoms with Gasteiger partial charge in [0.15, 0.2) is 0 Å². The highest BCUT2D eigenvalue weighted by atomic mass is 32.1. The molecule has 0 radical (unpaired) electrons. The summed E-state index contributed by atoms with van der Waals surface area (Å²) in [5, 5.41) is 6.46. The number of anilines is 2. The Hall–Kier alpha value is -2.51. The molecule has 0 saturated carbocycles. The zero-order valence-electron chi connectivity index (χ0n) is 13.8. The summed E-state index contributed by atoms with van der Waals surface area (Å²) in [7, 11) is 0. The van der Waals surface area contributed by atoms with Crippen molar-refractivity contribution in [2.45, 2.75) is 6.54 Å². The van der Waals surface area contributed by atoms with Crippen molar-refractivity contribution >= 4 is 23.0 Å². The smallest absolute Gasteiger partial charge is 0.134 e. The molecule has 0 amide bonds. The summed E-state index contributed by atoms with van der Waals surface area (Å²) in [5.74, 6) is 1.75. The van der Waals surface area contributed by atoms with Gasteiger partial charge in [-0.25, -0.2) is 15.0 Å². The summed E-state index contributed by atoms with van der Waals surface area (Å²) in [5.41, 5.74) is 2.16. The normalized spacial score (nSPS) is 14.5. The molecule has 0 unspecified atom stereocenters. The maximum absolute atomic E-state index is 5.39. The maximum Gasteiger partial charge on any atom is 0.134 e. The van der Waals surface area contributed by atoms with Gasteiger partial charge in [-0.1, -0.05) is 30.3 Å². The van der Waals surface area contributed by atoms with E-state index >= 15 is 0 Å². The number of thiazole rings is 1. The van der Waals surface area contributed by atoms with E-state index in [2.05, 4.69) is 37.7 Å². The first kappa shape index (κ1) is 16.0. The molecule has 0 atom stereocenters. The lowest BCUT2D eigenvalue weighted by Gasteiger charge is -2.27. The molecule has 2 aromatic heterocycles. The molecule has 25 heavy (non-hydrogen) atoms. The zero-order valence-corrected chi connectivity index (χ0v) is 14.6. The Morgan fingerprint density at radius 2 is 1.96 bits per heavy atom. The summed E-state index contributed by atoms with van der Waals surface area (Å²) in [6.07, 6.45) is 1.60. The number of benzene rings is 1. The van der Waals surface area contributed by atoms with Gasteiger partial charge in [0.05, 0.1) is 25.5 Å². The molecule has 1 aromatic carbocycles. The summed E-state index contributed by atoms with van der Waals surface area (Å²) >= 11 is 1.66. The number of aromatic nitrogens is 3. The standard InChI is InChI=1S/C18H19N5OS/c1-2-4-14(5-3-1)18-22-15(12-25-18)11-19-16-10-17(21-13-20-16)23-6-8-24-9-7-23/h1-5,10,12-13H,6-9,11H2,(H,19,20,21). The Kier molecular flexibility index (Phi) is 4.85. The van der Waals surface area contributed by atoms with Gasteiger partial charge in [0.25, 0.3) is 0 Å². The number of nitrogens with one attached hydrogen (secondary N) is 1. The van der Waals surface area contributed by atoms with Crippen LogP contribution < -0.4 is 10.2 Å². The first-order valence-electron chi connectivity index (χ1n) is 8.27. The topological polar surface area (TPSA) is 63.2 Å². The van der Waals surface area contributed by atoms with Crippen LogP contribution in [0, 0.1) is 0 Å². The molecule has 4 rings (SSSR count). The van der Waals surface area contributed by atoms with Gasteiger partial charge in [-0.15, -0.1) is 11.3 Å². The van der Waals surface area contributed by atoms with Crippen LogP contribution in [0.4, 0.5) is 11.6 Å². The van der Waals surface area contributed by atoms with E-state index in [0.717, 1.165) is 54.2 Å². The Bertz CT molecular complexity index is 817. The first-order valence-corrected chi connectivity index (χ1v) is 9.15. The van der Waals surface area contributed by atoms with Crippen LogP contribution in [-0.2, 0) is 11.3 Å². The number of hydrogen-bond acceptors (Lipinski definition) is 7. The third-order valence-corrected chi connectivity index (χ3v) is 4.95. The minimum absolute atomic E-state index is 0.642. The van der Waals surface area contributed by atoms with Gasteiger partial charge in [-0.05, 0) is 0 Å². The number of hydrogen-bond donors (Lipinski definition) is 1. The van der Waals surface area contributed by atoms with Gasteiger partial charge in [0, 0.05) is 30.1 Å².